The van der Waals surface area contributed by atoms with Gasteiger partial charge in [0, 0.05) is 35.9 Å². The number of nitrogens with zero attached hydrogens (tertiary/aromatic N) is 2. The summed E-state index contributed by atoms with van der Waals surface area (Å²) in [5.74, 6) is -1.89. The summed E-state index contributed by atoms with van der Waals surface area (Å²) >= 11 is 0. The first-order valence-electron chi connectivity index (χ1n) is 12.8. The Labute approximate surface area is 215 Å². The second kappa shape index (κ2) is 11.8. The first kappa shape index (κ1) is 27.4. The van der Waals surface area contributed by atoms with Crippen molar-refractivity contribution in [1.29, 1.82) is 0 Å². The summed E-state index contributed by atoms with van der Waals surface area (Å²) in [6, 6.07) is 7.07. The molecular formula is C29H35F3N2O3. The van der Waals surface area contributed by atoms with E-state index in [0.717, 1.165) is 60.1 Å². The van der Waals surface area contributed by atoms with Gasteiger partial charge in [-0.2, -0.15) is 0 Å². The zero-order chi connectivity index (χ0) is 26.6. The van der Waals surface area contributed by atoms with E-state index in [0.29, 0.717) is 31.6 Å². The first-order valence-corrected chi connectivity index (χ1v) is 12.8. The van der Waals surface area contributed by atoms with Crippen LogP contribution < -0.4 is 4.74 Å². The number of fused-ring (bicyclic) bond motifs is 1. The lowest BCUT2D eigenvalue weighted by atomic mass is 9.74. The predicted octanol–water partition coefficient (Wildman–Crippen LogP) is 5.49. The monoisotopic (exact) mass is 516 g/mol. The maximum absolute atomic E-state index is 13.9. The summed E-state index contributed by atoms with van der Waals surface area (Å²) in [6.07, 6.45) is 4.59. The summed E-state index contributed by atoms with van der Waals surface area (Å²) in [7, 11) is 1.61. The normalized spacial score (nSPS) is 16.7. The minimum Gasteiger partial charge on any atom is -0.497 e. The van der Waals surface area contributed by atoms with E-state index < -0.39 is 23.6 Å². The van der Waals surface area contributed by atoms with Gasteiger partial charge in [0.1, 0.15) is 23.2 Å². The molecule has 0 aliphatic carbocycles. The van der Waals surface area contributed by atoms with E-state index in [-0.39, 0.29) is 24.0 Å². The fourth-order valence-corrected chi connectivity index (χ4v) is 5.48. The van der Waals surface area contributed by atoms with Crippen molar-refractivity contribution in [2.75, 3.05) is 33.4 Å². The van der Waals surface area contributed by atoms with Crippen LogP contribution in [0.3, 0.4) is 0 Å². The molecule has 0 radical (unpaired) electrons. The second-order valence-corrected chi connectivity index (χ2v) is 10.2. The van der Waals surface area contributed by atoms with Gasteiger partial charge in [0.05, 0.1) is 18.7 Å². The van der Waals surface area contributed by atoms with Crippen molar-refractivity contribution in [3.63, 3.8) is 0 Å². The van der Waals surface area contributed by atoms with Crippen molar-refractivity contribution in [1.82, 2.24) is 9.88 Å². The van der Waals surface area contributed by atoms with Crippen molar-refractivity contribution in [2.45, 2.75) is 51.6 Å². The van der Waals surface area contributed by atoms with E-state index in [4.69, 9.17) is 4.74 Å². The smallest absolute Gasteiger partial charge is 0.132 e. The van der Waals surface area contributed by atoms with Crippen LogP contribution in [-0.4, -0.2) is 53.4 Å². The number of hydrogen-bond acceptors (Lipinski definition) is 5. The van der Waals surface area contributed by atoms with E-state index in [1.807, 2.05) is 25.1 Å². The van der Waals surface area contributed by atoms with Gasteiger partial charge in [0.2, 0.25) is 0 Å². The molecule has 0 saturated carbocycles. The van der Waals surface area contributed by atoms with Gasteiger partial charge in [0.15, 0.2) is 0 Å². The molecule has 200 valence electrons. The Morgan fingerprint density at radius 2 is 1.81 bits per heavy atom. The highest BCUT2D eigenvalue weighted by Crippen LogP contribution is 2.39. The Balaban J connectivity index is 1.33. The van der Waals surface area contributed by atoms with Crippen molar-refractivity contribution in [3.8, 4) is 5.75 Å². The van der Waals surface area contributed by atoms with Crippen molar-refractivity contribution < 1.29 is 28.1 Å². The number of ether oxygens (including phenoxy) is 1. The third-order valence-electron chi connectivity index (χ3n) is 7.86. The molecule has 4 rings (SSSR count). The number of likely N-dealkylation sites (tertiary alicyclic amines) is 1. The number of rotatable bonds is 10. The maximum Gasteiger partial charge on any atom is 0.132 e. The van der Waals surface area contributed by atoms with Gasteiger partial charge in [-0.15, -0.1) is 0 Å². The van der Waals surface area contributed by atoms with Crippen LogP contribution in [0.1, 0.15) is 54.9 Å². The quantitative estimate of drug-likeness (QED) is 0.373. The fourth-order valence-electron chi connectivity index (χ4n) is 5.48. The number of piperidine rings is 1. The zero-order valence-corrected chi connectivity index (χ0v) is 21.4. The molecule has 2 heterocycles. The average Bonchev–Trinajstić information content (AvgIpc) is 2.89. The van der Waals surface area contributed by atoms with Crippen molar-refractivity contribution in [2.24, 2.45) is 5.41 Å². The van der Waals surface area contributed by atoms with Crippen LogP contribution in [0.25, 0.3) is 10.9 Å². The number of methoxy groups -OCH3 is 1. The minimum absolute atomic E-state index is 0.0451. The van der Waals surface area contributed by atoms with Gasteiger partial charge in [-0.3, -0.25) is 4.98 Å². The van der Waals surface area contributed by atoms with Gasteiger partial charge in [-0.25, -0.2) is 13.2 Å². The molecule has 3 aromatic rings. The molecule has 1 atom stereocenters. The van der Waals surface area contributed by atoms with Gasteiger partial charge >= 0.3 is 0 Å². The van der Waals surface area contributed by atoms with Crippen LogP contribution in [-0.2, 0) is 6.42 Å². The molecule has 37 heavy (non-hydrogen) atoms. The number of aromatic nitrogens is 1. The third-order valence-corrected chi connectivity index (χ3v) is 7.86. The number of aryl methyl sites for hydroxylation is 1. The van der Waals surface area contributed by atoms with E-state index in [1.54, 1.807) is 13.3 Å². The van der Waals surface area contributed by atoms with E-state index in [2.05, 4.69) is 9.88 Å². The molecule has 1 fully saturated rings. The highest BCUT2D eigenvalue weighted by Gasteiger charge is 2.34. The first-order chi connectivity index (χ1) is 17.7. The molecule has 1 saturated heterocycles. The summed E-state index contributed by atoms with van der Waals surface area (Å²) in [6.45, 7) is 4.18. The highest BCUT2D eigenvalue weighted by atomic mass is 19.1. The van der Waals surface area contributed by atoms with Crippen LogP contribution in [0.15, 0.2) is 36.5 Å². The minimum atomic E-state index is -0.910. The molecule has 2 aromatic carbocycles. The van der Waals surface area contributed by atoms with Gasteiger partial charge in [-0.1, -0.05) is 0 Å². The highest BCUT2D eigenvalue weighted by molar-refractivity contribution is 5.84. The lowest BCUT2D eigenvalue weighted by molar-refractivity contribution is 0.0233. The SMILES string of the molecule is COc1ccc2ncc(C)c([C@H](O)CCC3(CO)CCN(CCCc4c(F)cc(F)cc4F)CC3)c2c1. The largest absolute Gasteiger partial charge is 0.497 e. The van der Waals surface area contributed by atoms with Crippen LogP contribution in [0, 0.1) is 29.8 Å². The van der Waals surface area contributed by atoms with Crippen molar-refractivity contribution in [3.05, 3.63) is 70.7 Å². The fraction of sp³-hybridized carbons (Fsp3) is 0.483. The van der Waals surface area contributed by atoms with Crippen LogP contribution in [0.5, 0.6) is 5.75 Å². The third kappa shape index (κ3) is 6.25. The Hall–Kier alpha value is -2.68. The molecular weight excluding hydrogens is 481 g/mol. The molecule has 1 aromatic heterocycles. The lowest BCUT2D eigenvalue weighted by Crippen LogP contribution is -2.42. The van der Waals surface area contributed by atoms with Crippen LogP contribution >= 0.6 is 0 Å². The number of benzene rings is 2. The number of hydrogen-bond donors (Lipinski definition) is 2. The average molecular weight is 517 g/mol. The van der Waals surface area contributed by atoms with Gasteiger partial charge < -0.3 is 19.8 Å². The number of aliphatic hydroxyl groups is 2. The van der Waals surface area contributed by atoms with E-state index in [1.165, 1.54) is 0 Å². The molecule has 0 bridgehead atoms. The molecule has 1 aliphatic rings. The molecule has 5 nitrogen and oxygen atoms in total. The lowest BCUT2D eigenvalue weighted by Gasteiger charge is -2.41. The van der Waals surface area contributed by atoms with Crippen LogP contribution in [0.4, 0.5) is 13.2 Å². The number of halogens is 3. The second-order valence-electron chi connectivity index (χ2n) is 10.2. The van der Waals surface area contributed by atoms with Gasteiger partial charge in [0.25, 0.3) is 0 Å². The molecule has 0 unspecified atom stereocenters. The van der Waals surface area contributed by atoms with Crippen molar-refractivity contribution >= 4 is 10.9 Å². The standard InChI is InChI=1S/C29H35F3N2O3/c1-19-17-33-26-6-5-21(37-2)16-23(26)28(19)27(36)7-8-29(18-35)9-12-34(13-10-29)11-3-4-22-24(31)14-20(30)15-25(22)32/h5-6,14-17,27,35-36H,3-4,7-13,18H2,1-2H3/t27-/m1/s1. The Kier molecular flexibility index (Phi) is 8.72. The van der Waals surface area contributed by atoms with E-state index >= 15 is 0 Å². The molecule has 0 spiro atoms. The summed E-state index contributed by atoms with van der Waals surface area (Å²) < 4.78 is 46.3. The maximum atomic E-state index is 13.9. The topological polar surface area (TPSA) is 65.8 Å². The summed E-state index contributed by atoms with van der Waals surface area (Å²) in [4.78, 5) is 6.71. The molecule has 2 N–H and O–H groups in total. The Bertz CT molecular complexity index is 1210. The van der Waals surface area contributed by atoms with Crippen LogP contribution in [0.2, 0.25) is 0 Å². The zero-order valence-electron chi connectivity index (χ0n) is 21.4. The summed E-state index contributed by atoms with van der Waals surface area (Å²) in [5.41, 5.74) is 2.20. The van der Waals surface area contributed by atoms with E-state index in [9.17, 15) is 23.4 Å². The predicted molar refractivity (Wildman–Crippen MR) is 137 cm³/mol. The number of aliphatic hydroxyl groups excluding tert-OH is 2. The summed E-state index contributed by atoms with van der Waals surface area (Å²) in [5, 5.41) is 22.3. The molecule has 1 aliphatic heterocycles. The molecule has 8 heteroatoms. The van der Waals surface area contributed by atoms with Gasteiger partial charge in [-0.05, 0) is 99.8 Å². The molecule has 0 amide bonds. The Morgan fingerprint density at radius 1 is 1.11 bits per heavy atom. The Morgan fingerprint density at radius 3 is 2.46 bits per heavy atom. The number of pyridine rings is 1.